The molecule has 1 aromatic heterocycles. The van der Waals surface area contributed by atoms with Gasteiger partial charge in [0.2, 0.25) is 0 Å². The molecule has 0 aliphatic heterocycles. The van der Waals surface area contributed by atoms with Crippen LogP contribution in [0.1, 0.15) is 68.7 Å². The monoisotopic (exact) mass is 296 g/mol. The average molecular weight is 297 g/mol. The molecule has 0 bridgehead atoms. The number of hydrogen-bond acceptors (Lipinski definition) is 4. The van der Waals surface area contributed by atoms with Crippen molar-refractivity contribution in [1.82, 2.24) is 9.97 Å². The van der Waals surface area contributed by atoms with Crippen molar-refractivity contribution < 1.29 is 9.53 Å². The molecule has 1 saturated carbocycles. The third-order valence-corrected chi connectivity index (χ3v) is 4.04. The van der Waals surface area contributed by atoms with Gasteiger partial charge >= 0.3 is 5.97 Å². The fraction of sp³-hybridized carbons (Fsp3) is 0.667. The first-order valence-corrected chi connectivity index (χ1v) is 7.60. The second-order valence-electron chi connectivity index (χ2n) is 5.78. The first-order chi connectivity index (χ1) is 9.49. The quantitative estimate of drug-likeness (QED) is 0.791. The van der Waals surface area contributed by atoms with E-state index in [0.717, 1.165) is 19.3 Å². The molecule has 1 heterocycles. The van der Waals surface area contributed by atoms with Crippen molar-refractivity contribution >= 4 is 17.6 Å². The maximum Gasteiger partial charge on any atom is 0.358 e. The van der Waals surface area contributed by atoms with Gasteiger partial charge in [0.15, 0.2) is 5.69 Å². The predicted molar refractivity (Wildman–Crippen MR) is 78.0 cm³/mol. The Morgan fingerprint density at radius 1 is 1.40 bits per heavy atom. The van der Waals surface area contributed by atoms with Gasteiger partial charge in [-0.3, -0.25) is 0 Å². The number of rotatable bonds is 3. The topological polar surface area (TPSA) is 52.1 Å². The van der Waals surface area contributed by atoms with Gasteiger partial charge in [-0.2, -0.15) is 0 Å². The summed E-state index contributed by atoms with van der Waals surface area (Å²) in [4.78, 5) is 20.6. The minimum absolute atomic E-state index is 0.0234. The molecule has 1 aliphatic carbocycles. The Balaban J connectivity index is 2.14. The zero-order chi connectivity index (χ0) is 14.7. The van der Waals surface area contributed by atoms with E-state index in [2.05, 4.69) is 16.9 Å². The van der Waals surface area contributed by atoms with Crippen LogP contribution in [-0.2, 0) is 4.74 Å². The van der Waals surface area contributed by atoms with Crippen molar-refractivity contribution in [2.24, 2.45) is 5.92 Å². The smallest absolute Gasteiger partial charge is 0.358 e. The van der Waals surface area contributed by atoms with Crippen LogP contribution in [0.2, 0.25) is 5.02 Å². The van der Waals surface area contributed by atoms with Crippen LogP contribution in [-0.4, -0.2) is 22.0 Å². The summed E-state index contributed by atoms with van der Waals surface area (Å²) < 4.78 is 5.59. The highest BCUT2D eigenvalue weighted by molar-refractivity contribution is 6.33. The number of nitrogens with zero attached hydrogens (tertiary/aromatic N) is 2. The molecule has 1 fully saturated rings. The molecule has 2 unspecified atom stereocenters. The van der Waals surface area contributed by atoms with Crippen molar-refractivity contribution in [3.05, 3.63) is 22.7 Å². The minimum atomic E-state index is -0.432. The summed E-state index contributed by atoms with van der Waals surface area (Å²) in [5.74, 6) is 0.724. The lowest BCUT2D eigenvalue weighted by Gasteiger charge is -2.28. The van der Waals surface area contributed by atoms with E-state index in [-0.39, 0.29) is 22.7 Å². The van der Waals surface area contributed by atoms with Crippen LogP contribution in [0.15, 0.2) is 6.20 Å². The van der Waals surface area contributed by atoms with Crippen molar-refractivity contribution in [2.75, 3.05) is 0 Å². The average Bonchev–Trinajstić information content (AvgIpc) is 2.41. The Labute approximate surface area is 124 Å². The lowest BCUT2D eigenvalue weighted by Crippen LogP contribution is -2.28. The van der Waals surface area contributed by atoms with Crippen LogP contribution in [0.25, 0.3) is 0 Å². The molecule has 2 rings (SSSR count). The van der Waals surface area contributed by atoms with Crippen LogP contribution in [0.5, 0.6) is 0 Å². The first kappa shape index (κ1) is 15.2. The third kappa shape index (κ3) is 3.48. The number of carbonyl (C=O) groups is 1. The fourth-order valence-corrected chi connectivity index (χ4v) is 2.62. The van der Waals surface area contributed by atoms with Crippen LogP contribution < -0.4 is 0 Å². The van der Waals surface area contributed by atoms with Crippen molar-refractivity contribution in [2.45, 2.75) is 58.5 Å². The number of hydrogen-bond donors (Lipinski definition) is 0. The van der Waals surface area contributed by atoms with Gasteiger partial charge in [-0.1, -0.05) is 38.8 Å². The van der Waals surface area contributed by atoms with E-state index >= 15 is 0 Å². The molecule has 1 aliphatic rings. The third-order valence-electron chi connectivity index (χ3n) is 3.76. The number of esters is 1. The molecule has 110 valence electrons. The van der Waals surface area contributed by atoms with Gasteiger partial charge in [0.25, 0.3) is 0 Å². The maximum absolute atomic E-state index is 12.3. The van der Waals surface area contributed by atoms with E-state index < -0.39 is 5.97 Å². The van der Waals surface area contributed by atoms with Gasteiger partial charge in [0, 0.05) is 5.92 Å². The molecule has 0 N–H and O–H groups in total. The minimum Gasteiger partial charge on any atom is -0.457 e. The molecule has 0 radical (unpaired) electrons. The largest absolute Gasteiger partial charge is 0.457 e. The number of aromatic nitrogens is 2. The summed E-state index contributed by atoms with van der Waals surface area (Å²) in [5, 5.41) is 0.253. The molecular formula is C15H21ClN2O2. The number of halogens is 1. The molecule has 4 nitrogen and oxygen atoms in total. The van der Waals surface area contributed by atoms with E-state index in [4.69, 9.17) is 16.3 Å². The Kier molecular flexibility index (Phi) is 4.97. The van der Waals surface area contributed by atoms with E-state index in [0.29, 0.717) is 11.7 Å². The van der Waals surface area contributed by atoms with Crippen molar-refractivity contribution in [3.8, 4) is 0 Å². The predicted octanol–water partition coefficient (Wildman–Crippen LogP) is 3.99. The van der Waals surface area contributed by atoms with Crippen LogP contribution in [0, 0.1) is 5.92 Å². The summed E-state index contributed by atoms with van der Waals surface area (Å²) in [6, 6.07) is 0. The highest BCUT2D eigenvalue weighted by Gasteiger charge is 2.27. The van der Waals surface area contributed by atoms with Gasteiger partial charge in [-0.05, 0) is 25.2 Å². The van der Waals surface area contributed by atoms with Crippen LogP contribution >= 0.6 is 11.6 Å². The Hall–Kier alpha value is -1.16. The summed E-state index contributed by atoms with van der Waals surface area (Å²) in [6.07, 6.45) is 5.80. The summed E-state index contributed by atoms with van der Waals surface area (Å²) in [5.41, 5.74) is 0.183. The summed E-state index contributed by atoms with van der Waals surface area (Å²) in [6.45, 7) is 6.07. The van der Waals surface area contributed by atoms with Gasteiger partial charge < -0.3 is 4.74 Å². The standard InChI is InChI=1S/C15H21ClN2O2/c1-9(2)14-17-8-11(16)13(18-14)15(19)20-12-7-5-4-6-10(12)3/h8-10,12H,4-7H2,1-3H3. The van der Waals surface area contributed by atoms with Crippen LogP contribution in [0.4, 0.5) is 0 Å². The highest BCUT2D eigenvalue weighted by Crippen LogP contribution is 2.27. The van der Waals surface area contributed by atoms with Crippen molar-refractivity contribution in [1.29, 1.82) is 0 Å². The second kappa shape index (κ2) is 6.53. The molecule has 0 saturated heterocycles. The Bertz CT molecular complexity index is 491. The molecule has 1 aromatic rings. The Morgan fingerprint density at radius 3 is 2.75 bits per heavy atom. The molecule has 0 aromatic carbocycles. The van der Waals surface area contributed by atoms with E-state index in [1.165, 1.54) is 12.6 Å². The highest BCUT2D eigenvalue weighted by atomic mass is 35.5. The zero-order valence-electron chi connectivity index (χ0n) is 12.2. The van der Waals surface area contributed by atoms with Crippen LogP contribution in [0.3, 0.4) is 0 Å². The maximum atomic E-state index is 12.3. The lowest BCUT2D eigenvalue weighted by atomic mass is 9.88. The molecular weight excluding hydrogens is 276 g/mol. The summed E-state index contributed by atoms with van der Waals surface area (Å²) >= 11 is 6.02. The normalized spacial score (nSPS) is 22.9. The Morgan fingerprint density at radius 2 is 2.10 bits per heavy atom. The van der Waals surface area contributed by atoms with Gasteiger partial charge in [-0.25, -0.2) is 14.8 Å². The zero-order valence-corrected chi connectivity index (χ0v) is 13.0. The fourth-order valence-electron chi connectivity index (χ4n) is 2.45. The van der Waals surface area contributed by atoms with E-state index in [1.54, 1.807) is 0 Å². The molecule has 0 amide bonds. The second-order valence-corrected chi connectivity index (χ2v) is 6.19. The number of carbonyl (C=O) groups excluding carboxylic acids is 1. The van der Waals surface area contributed by atoms with Gasteiger partial charge in [0.05, 0.1) is 11.2 Å². The molecule has 5 heteroatoms. The van der Waals surface area contributed by atoms with E-state index in [1.807, 2.05) is 13.8 Å². The summed E-state index contributed by atoms with van der Waals surface area (Å²) in [7, 11) is 0. The molecule has 20 heavy (non-hydrogen) atoms. The van der Waals surface area contributed by atoms with Gasteiger partial charge in [0.1, 0.15) is 11.9 Å². The first-order valence-electron chi connectivity index (χ1n) is 7.22. The lowest BCUT2D eigenvalue weighted by molar-refractivity contribution is 0.00417. The number of ether oxygens (including phenoxy) is 1. The van der Waals surface area contributed by atoms with Gasteiger partial charge in [-0.15, -0.1) is 0 Å². The van der Waals surface area contributed by atoms with Crippen molar-refractivity contribution in [3.63, 3.8) is 0 Å². The SMILES string of the molecule is CC(C)c1ncc(Cl)c(C(=O)OC2CCCCC2C)n1. The molecule has 2 atom stereocenters. The molecule has 0 spiro atoms. The van der Waals surface area contributed by atoms with E-state index in [9.17, 15) is 4.79 Å².